The van der Waals surface area contributed by atoms with Crippen molar-refractivity contribution < 1.29 is 22.0 Å². The largest absolute Gasteiger partial charge is 0.451 e. The normalized spacial score (nSPS) is 11.6. The van der Waals surface area contributed by atoms with Crippen molar-refractivity contribution in [2.75, 3.05) is 5.32 Å². The van der Waals surface area contributed by atoms with Crippen LogP contribution in [0.5, 0.6) is 0 Å². The van der Waals surface area contributed by atoms with Gasteiger partial charge in [0.05, 0.1) is 0 Å². The zero-order chi connectivity index (χ0) is 15.8. The molecule has 1 N–H and O–H groups in total. The average molecular weight is 324 g/mol. The van der Waals surface area contributed by atoms with Crippen LogP contribution in [0.4, 0.5) is 33.5 Å². The number of rotatable bonds is 2. The molecule has 0 saturated heterocycles. The van der Waals surface area contributed by atoms with Crippen LogP contribution in [-0.4, -0.2) is 9.97 Å². The third-order valence-electron chi connectivity index (χ3n) is 2.48. The molecule has 0 unspecified atom stereocenters. The molecule has 3 nitrogen and oxygen atoms in total. The number of benzene rings is 1. The second-order valence-electron chi connectivity index (χ2n) is 4.10. The maximum atomic E-state index is 13.2. The van der Waals surface area contributed by atoms with Crippen molar-refractivity contribution in [1.82, 2.24) is 9.97 Å². The van der Waals surface area contributed by atoms with Crippen molar-refractivity contribution >= 4 is 23.1 Å². The smallest absolute Gasteiger partial charge is 0.340 e. The summed E-state index contributed by atoms with van der Waals surface area (Å²) in [5.41, 5.74) is 0.356. The van der Waals surface area contributed by atoms with Crippen molar-refractivity contribution in [1.29, 1.82) is 0 Å². The first kappa shape index (κ1) is 15.4. The third-order valence-corrected chi connectivity index (χ3v) is 2.67. The van der Waals surface area contributed by atoms with E-state index in [-0.39, 0.29) is 17.1 Å². The molecule has 0 radical (unpaired) electrons. The maximum absolute atomic E-state index is 13.2. The van der Waals surface area contributed by atoms with Gasteiger partial charge in [0, 0.05) is 17.8 Å². The number of alkyl halides is 3. The molecule has 0 aliphatic carbocycles. The molecule has 9 heteroatoms. The van der Waals surface area contributed by atoms with Gasteiger partial charge in [0.15, 0.2) is 11.6 Å². The molecule has 0 bridgehead atoms. The highest BCUT2D eigenvalue weighted by molar-refractivity contribution is 6.29. The van der Waals surface area contributed by atoms with Gasteiger partial charge in [-0.05, 0) is 18.6 Å². The van der Waals surface area contributed by atoms with Gasteiger partial charge in [0.1, 0.15) is 11.0 Å². The van der Waals surface area contributed by atoms with E-state index < -0.39 is 28.8 Å². The zero-order valence-corrected chi connectivity index (χ0v) is 11.2. The summed E-state index contributed by atoms with van der Waals surface area (Å²) in [6, 6.07) is 2.76. The van der Waals surface area contributed by atoms with Crippen LogP contribution in [0, 0.1) is 18.6 Å². The predicted octanol–water partition coefficient (Wildman–Crippen LogP) is 4.48. The van der Waals surface area contributed by atoms with Crippen LogP contribution in [0.15, 0.2) is 18.2 Å². The number of halogens is 6. The molecule has 0 aliphatic rings. The summed E-state index contributed by atoms with van der Waals surface area (Å²) in [6.45, 7) is 1.46. The SMILES string of the molecule is Cc1cc(F)c(F)cc1Nc1cc(Cl)nc(C(F)(F)F)n1. The van der Waals surface area contributed by atoms with Crippen molar-refractivity contribution in [3.8, 4) is 0 Å². The number of nitrogens with one attached hydrogen (secondary N) is 1. The highest BCUT2D eigenvalue weighted by Gasteiger charge is 2.35. The van der Waals surface area contributed by atoms with E-state index in [0.717, 1.165) is 18.2 Å². The van der Waals surface area contributed by atoms with E-state index in [1.807, 2.05) is 0 Å². The van der Waals surface area contributed by atoms with E-state index in [0.29, 0.717) is 0 Å². The minimum absolute atomic E-state index is 0.0665. The van der Waals surface area contributed by atoms with Crippen molar-refractivity contribution in [3.63, 3.8) is 0 Å². The molecule has 1 aromatic heterocycles. The van der Waals surface area contributed by atoms with Gasteiger partial charge in [-0.15, -0.1) is 0 Å². The lowest BCUT2D eigenvalue weighted by Crippen LogP contribution is -2.12. The Labute approximate surface area is 120 Å². The van der Waals surface area contributed by atoms with Crippen LogP contribution < -0.4 is 5.32 Å². The first-order valence-corrected chi connectivity index (χ1v) is 5.89. The van der Waals surface area contributed by atoms with E-state index >= 15 is 0 Å². The molecule has 2 aromatic rings. The van der Waals surface area contributed by atoms with Gasteiger partial charge >= 0.3 is 6.18 Å². The van der Waals surface area contributed by atoms with Gasteiger partial charge < -0.3 is 5.32 Å². The quantitative estimate of drug-likeness (QED) is 0.654. The molecule has 0 fully saturated rings. The molecule has 112 valence electrons. The molecule has 0 aliphatic heterocycles. The molecule has 2 rings (SSSR count). The molecule has 0 amide bonds. The first-order valence-electron chi connectivity index (χ1n) is 5.51. The van der Waals surface area contributed by atoms with Crippen LogP contribution in [0.25, 0.3) is 0 Å². The Morgan fingerprint density at radius 3 is 2.29 bits per heavy atom. The molecule has 1 heterocycles. The van der Waals surface area contributed by atoms with Crippen LogP contribution >= 0.6 is 11.6 Å². The summed E-state index contributed by atoms with van der Waals surface area (Å²) in [7, 11) is 0. The fraction of sp³-hybridized carbons (Fsp3) is 0.167. The fourth-order valence-corrected chi connectivity index (χ4v) is 1.71. The van der Waals surface area contributed by atoms with Gasteiger partial charge in [-0.2, -0.15) is 13.2 Å². The Hall–Kier alpha value is -1.96. The first-order chi connectivity index (χ1) is 9.66. The van der Waals surface area contributed by atoms with Gasteiger partial charge in [0.25, 0.3) is 0 Å². The fourth-order valence-electron chi connectivity index (χ4n) is 1.53. The Balaban J connectivity index is 2.40. The Morgan fingerprint density at radius 1 is 1.05 bits per heavy atom. The zero-order valence-electron chi connectivity index (χ0n) is 10.4. The number of aryl methyl sites for hydroxylation is 1. The molecule has 21 heavy (non-hydrogen) atoms. The van der Waals surface area contributed by atoms with Crippen LogP contribution in [0.3, 0.4) is 0 Å². The van der Waals surface area contributed by atoms with Crippen molar-refractivity contribution in [2.24, 2.45) is 0 Å². The minimum Gasteiger partial charge on any atom is -0.340 e. The molecule has 1 aromatic carbocycles. The Bertz CT molecular complexity index is 687. The minimum atomic E-state index is -4.77. The highest BCUT2D eigenvalue weighted by atomic mass is 35.5. The van der Waals surface area contributed by atoms with Crippen LogP contribution in [-0.2, 0) is 6.18 Å². The standard InChI is InChI=1S/C12H7ClF5N3/c1-5-2-6(14)7(15)3-8(5)19-10-4-9(13)20-11(21-10)12(16,17)18/h2-4H,1H3,(H,19,20,21). The van der Waals surface area contributed by atoms with E-state index in [1.165, 1.54) is 6.92 Å². The maximum Gasteiger partial charge on any atom is 0.451 e. The van der Waals surface area contributed by atoms with Crippen molar-refractivity contribution in [3.05, 3.63) is 46.4 Å². The predicted molar refractivity (Wildman–Crippen MR) is 66.4 cm³/mol. The van der Waals surface area contributed by atoms with E-state index in [4.69, 9.17) is 11.6 Å². The summed E-state index contributed by atoms with van der Waals surface area (Å²) in [4.78, 5) is 6.30. The second-order valence-corrected chi connectivity index (χ2v) is 4.49. The molecule has 0 spiro atoms. The van der Waals surface area contributed by atoms with Gasteiger partial charge in [-0.3, -0.25) is 0 Å². The summed E-state index contributed by atoms with van der Waals surface area (Å²) >= 11 is 5.49. The number of nitrogens with zero attached hydrogens (tertiary/aromatic N) is 2. The number of anilines is 2. The lowest BCUT2D eigenvalue weighted by Gasteiger charge is -2.11. The average Bonchev–Trinajstić information content (AvgIpc) is 2.34. The third kappa shape index (κ3) is 3.57. The molecule has 0 saturated carbocycles. The molecule has 0 atom stereocenters. The molecular weight excluding hydrogens is 317 g/mol. The van der Waals surface area contributed by atoms with E-state index in [2.05, 4.69) is 15.3 Å². The van der Waals surface area contributed by atoms with E-state index in [1.54, 1.807) is 0 Å². The molecular formula is C12H7ClF5N3. The van der Waals surface area contributed by atoms with Crippen LogP contribution in [0.1, 0.15) is 11.4 Å². The highest BCUT2D eigenvalue weighted by Crippen LogP contribution is 2.29. The van der Waals surface area contributed by atoms with Crippen molar-refractivity contribution in [2.45, 2.75) is 13.1 Å². The second kappa shape index (κ2) is 5.44. The topological polar surface area (TPSA) is 37.8 Å². The number of hydrogen-bond acceptors (Lipinski definition) is 3. The number of aromatic nitrogens is 2. The Morgan fingerprint density at radius 2 is 1.67 bits per heavy atom. The monoisotopic (exact) mass is 323 g/mol. The Kier molecular flexibility index (Phi) is 3.99. The van der Waals surface area contributed by atoms with Gasteiger partial charge in [0.2, 0.25) is 5.82 Å². The van der Waals surface area contributed by atoms with E-state index in [9.17, 15) is 22.0 Å². The summed E-state index contributed by atoms with van der Waals surface area (Å²) < 4.78 is 63.8. The lowest BCUT2D eigenvalue weighted by molar-refractivity contribution is -0.144. The van der Waals surface area contributed by atoms with Gasteiger partial charge in [-0.1, -0.05) is 11.6 Å². The number of hydrogen-bond donors (Lipinski definition) is 1. The summed E-state index contributed by atoms with van der Waals surface area (Å²) in [5, 5.41) is 2.02. The lowest BCUT2D eigenvalue weighted by atomic mass is 10.2. The van der Waals surface area contributed by atoms with Gasteiger partial charge in [-0.25, -0.2) is 18.7 Å². The summed E-state index contributed by atoms with van der Waals surface area (Å²) in [6.07, 6.45) is -4.77. The summed E-state index contributed by atoms with van der Waals surface area (Å²) in [5.74, 6) is -3.91. The van der Waals surface area contributed by atoms with Crippen LogP contribution in [0.2, 0.25) is 5.15 Å².